The van der Waals surface area contributed by atoms with Crippen LogP contribution in [0.4, 0.5) is 0 Å². The van der Waals surface area contributed by atoms with Gasteiger partial charge in [-0.15, -0.1) is 0 Å². The van der Waals surface area contributed by atoms with Crippen molar-refractivity contribution in [2.45, 2.75) is 84.0 Å². The Hall–Kier alpha value is 12.2. The van der Waals surface area contributed by atoms with Gasteiger partial charge in [0.2, 0.25) is 0 Å². The third kappa shape index (κ3) is 31.4. The molecule has 0 aromatic heterocycles. The molecule has 34 heteroatoms. The molecule has 16 atom stereocenters. The maximum atomic E-state index is 4.60. The van der Waals surface area contributed by atoms with E-state index >= 15 is 0 Å². The Morgan fingerprint density at radius 3 is 0.488 bits per heavy atom. The molecule has 0 aromatic rings. The van der Waals surface area contributed by atoms with Gasteiger partial charge >= 0.3 is 332 Å². The van der Waals surface area contributed by atoms with Crippen LogP contribution in [0.1, 0.15) is 0 Å². The van der Waals surface area contributed by atoms with Crippen molar-refractivity contribution >= 4 is 387 Å². The standard InChI is InChI=1S/C24H44S16Si.4C6H12S4.Sn/c25-1-17-5-33-21(9-29-17)13-37-41(38-14-22-10-30-18(2-26)6-34-22,39-15-23-11-31-19(3-27)7-35-23)40-16-24-12-32-20(4-28)8-36-24;4*7-1-5-3-10-6(2-8)4-9-5;/h17-28H,1-16H2;4*5-8H,1-4H2;/q;;;;;+4/p-4. The van der Waals surface area contributed by atoms with Crippen molar-refractivity contribution in [1.29, 1.82) is 0 Å². The Bertz CT molecular complexity index is 1270. The Morgan fingerprint density at radius 1 is 0.220 bits per heavy atom. The van der Waals surface area contributed by atoms with Crippen molar-refractivity contribution in [3.8, 4) is 0 Å². The second-order valence-electron chi connectivity index (χ2n) is 20.2. The molecule has 82 heavy (non-hydrogen) atoms. The summed E-state index contributed by atoms with van der Waals surface area (Å²) in [5.41, 5.74) is 0. The number of rotatable bonds is 32. The molecule has 480 valence electrons. The van der Waals surface area contributed by atoms with E-state index in [-0.39, 0.29) is 0 Å². The second kappa shape index (κ2) is 48.2. The predicted octanol–water partition coefficient (Wildman–Crippen LogP) is 17.9. The van der Waals surface area contributed by atoms with Gasteiger partial charge in [0.15, 0.2) is 0 Å². The van der Waals surface area contributed by atoms with Crippen LogP contribution in [0.3, 0.4) is 0 Å². The number of hydrogen-bond acceptors (Lipinski definition) is 32. The molecule has 8 aliphatic heterocycles. The molecular weight excluding hydrogens is 1750 g/mol. The van der Waals surface area contributed by atoms with Crippen LogP contribution >= 0.6 is 370 Å². The first-order chi connectivity index (χ1) is 40.1. The fourth-order valence-corrected chi connectivity index (χ4v) is 113. The fraction of sp³-hybridized carbons (Fsp3) is 1.00. The van der Waals surface area contributed by atoms with Gasteiger partial charge in [0.25, 0.3) is 0 Å². The Labute approximate surface area is 643 Å². The molecule has 8 rings (SSSR count). The van der Waals surface area contributed by atoms with Gasteiger partial charge < -0.3 is 0 Å². The van der Waals surface area contributed by atoms with Gasteiger partial charge in [-0.2, -0.15) is 189 Å². The van der Waals surface area contributed by atoms with Crippen LogP contribution in [0.2, 0.25) is 0 Å². The number of thioether (sulfide) groups is 16. The van der Waals surface area contributed by atoms with Crippen LogP contribution in [-0.4, -0.2) is 286 Å². The normalized spacial score (nSPS) is 36.6. The Morgan fingerprint density at radius 2 is 0.354 bits per heavy atom. The molecule has 8 fully saturated rings. The van der Waals surface area contributed by atoms with E-state index in [1.165, 1.54) is 138 Å². The van der Waals surface area contributed by atoms with Crippen LogP contribution < -0.4 is 0 Å². The monoisotopic (exact) mass is 1840 g/mol. The summed E-state index contributed by atoms with van der Waals surface area (Å²) in [6.45, 7) is 0. The van der Waals surface area contributed by atoms with E-state index in [0.717, 1.165) is 130 Å². The van der Waals surface area contributed by atoms with E-state index in [1.54, 1.807) is 0 Å². The van der Waals surface area contributed by atoms with Gasteiger partial charge in [-0.25, -0.2) is 0 Å². The average molecular weight is 1840 g/mol. The molecule has 8 heterocycles. The molecule has 0 N–H and O–H groups in total. The maximum absolute atomic E-state index is 4.60. The zero-order valence-electron chi connectivity index (χ0n) is 46.2. The molecular formula is C48H88S32SiSn. The first-order valence-corrected chi connectivity index (χ1v) is 76.5. The molecule has 0 aromatic carbocycles. The molecule has 8 saturated heterocycles. The summed E-state index contributed by atoms with van der Waals surface area (Å²) in [5, 5.41) is 12.5. The van der Waals surface area contributed by atoms with E-state index in [0.29, 0.717) is 0 Å². The number of thiol groups is 8. The van der Waals surface area contributed by atoms with Crippen molar-refractivity contribution in [1.82, 2.24) is 0 Å². The van der Waals surface area contributed by atoms with Crippen molar-refractivity contribution in [2.75, 3.05) is 184 Å². The Balaban J connectivity index is 0.000000236. The summed E-state index contributed by atoms with van der Waals surface area (Å²) in [4.78, 5) is 0. The third-order valence-corrected chi connectivity index (χ3v) is 119. The molecule has 0 radical (unpaired) electrons. The van der Waals surface area contributed by atoms with Crippen molar-refractivity contribution in [2.24, 2.45) is 0 Å². The van der Waals surface area contributed by atoms with E-state index < -0.39 is 17.5 Å². The summed E-state index contributed by atoms with van der Waals surface area (Å²) < 4.78 is -1.72. The average Bonchev–Trinajstić information content (AvgIpc) is 3.59. The summed E-state index contributed by atoms with van der Waals surface area (Å²) in [7, 11) is 10.1. The van der Waals surface area contributed by atoms with Gasteiger partial charge in [0, 0.05) is 134 Å². The molecule has 0 bridgehead atoms. The number of hydrogen-bond donors (Lipinski definition) is 8. The summed E-state index contributed by atoms with van der Waals surface area (Å²) in [5.74, 6) is 40.0. The molecule has 0 amide bonds. The molecule has 0 saturated carbocycles. The molecule has 8 aliphatic rings. The summed E-state index contributed by atoms with van der Waals surface area (Å²) in [6, 6.07) is 0. The fourth-order valence-electron chi connectivity index (χ4n) is 8.34. The van der Waals surface area contributed by atoms with Crippen LogP contribution in [0.15, 0.2) is 0 Å². The van der Waals surface area contributed by atoms with E-state index in [9.17, 15) is 0 Å². The molecule has 0 nitrogen and oxygen atoms in total. The molecule has 0 aliphatic carbocycles. The Kier molecular flexibility index (Phi) is 47.9. The summed E-state index contributed by atoms with van der Waals surface area (Å²) >= 11 is 79.4. The van der Waals surface area contributed by atoms with Crippen molar-refractivity contribution in [3.63, 3.8) is 0 Å². The SMILES string of the molecule is SCC1CSC(CS[Si](SCC2CSC(CS)CS2)(SCC2CSC(CS)CS2)SCC2CSC(CS)CS2)CS1.SCC1CSC(C[S][Sn]([S]CC2CSC(CS)CS2)([S]CC2CSC(CS)CS2)[S]CC2CSC(CS)CS2)CS1. The minimum atomic E-state index is -2.69. The zero-order chi connectivity index (χ0) is 57.8. The third-order valence-electron chi connectivity index (χ3n) is 13.5. The second-order valence-corrected chi connectivity index (χ2v) is 106. The zero-order valence-corrected chi connectivity index (χ0v) is 76.8. The first kappa shape index (κ1) is 81.5. The van der Waals surface area contributed by atoms with E-state index in [1.807, 2.05) is 0 Å². The van der Waals surface area contributed by atoms with Gasteiger partial charge in [0.05, 0.1) is 0 Å². The van der Waals surface area contributed by atoms with Crippen LogP contribution in [-0.2, 0) is 0 Å². The molecule has 0 spiro atoms. The van der Waals surface area contributed by atoms with Crippen molar-refractivity contribution in [3.05, 3.63) is 0 Å². The van der Waals surface area contributed by atoms with Crippen LogP contribution in [0.25, 0.3) is 0 Å². The van der Waals surface area contributed by atoms with Crippen LogP contribution in [0.5, 0.6) is 0 Å². The quantitative estimate of drug-likeness (QED) is 0.0238. The molecule has 16 unspecified atom stereocenters. The first-order valence-electron chi connectivity index (χ1n) is 27.9. The van der Waals surface area contributed by atoms with Crippen LogP contribution in [0, 0.1) is 0 Å². The van der Waals surface area contributed by atoms with Crippen molar-refractivity contribution < 1.29 is 0 Å². The minimum absolute atomic E-state index is 0.746. The summed E-state index contributed by atoms with van der Waals surface area (Å²) in [6.07, 6.45) is 0. The van der Waals surface area contributed by atoms with Gasteiger partial charge in [-0.1, -0.05) is 0 Å². The van der Waals surface area contributed by atoms with E-state index in [4.69, 9.17) is 0 Å². The topological polar surface area (TPSA) is 0 Å². The van der Waals surface area contributed by atoms with Gasteiger partial charge in [-0.3, -0.25) is 0 Å². The van der Waals surface area contributed by atoms with Gasteiger partial charge in [-0.05, 0) is 0 Å². The van der Waals surface area contributed by atoms with Gasteiger partial charge in [0.1, 0.15) is 0 Å². The van der Waals surface area contributed by atoms with E-state index in [2.05, 4.69) is 370 Å². The predicted molar refractivity (Wildman–Crippen MR) is 482 cm³/mol.